The highest BCUT2D eigenvalue weighted by atomic mass is 35.5. The average Bonchev–Trinajstić information content (AvgIpc) is 2.42. The molecule has 0 aromatic heterocycles. The first-order valence-electron chi connectivity index (χ1n) is 6.13. The molecule has 0 radical (unpaired) electrons. The number of halogens is 2. The molecule has 0 saturated heterocycles. The molecule has 0 aliphatic carbocycles. The molecule has 0 unspecified atom stereocenters. The Kier molecular flexibility index (Phi) is 4.69. The molecular formula is C14H13ClFNO3S. The molecule has 4 nitrogen and oxygen atoms in total. The van der Waals surface area contributed by atoms with Gasteiger partial charge in [0.25, 0.3) is 10.0 Å². The lowest BCUT2D eigenvalue weighted by atomic mass is 10.3. The van der Waals surface area contributed by atoms with E-state index in [4.69, 9.17) is 16.3 Å². The minimum absolute atomic E-state index is 0.160. The Bertz CT molecular complexity index is 750. The first-order chi connectivity index (χ1) is 9.94. The standard InChI is InChI=1S/C14H13ClFNO3S/c1-2-20-13-8-7-10(15)9-12(13)17-21(18,19)14-6-4-3-5-11(14)16/h3-9,17H,2H2,1H3. The molecule has 21 heavy (non-hydrogen) atoms. The summed E-state index contributed by atoms with van der Waals surface area (Å²) in [5, 5.41) is 0.338. The topological polar surface area (TPSA) is 55.4 Å². The van der Waals surface area contributed by atoms with E-state index in [0.717, 1.165) is 6.07 Å². The van der Waals surface area contributed by atoms with Crippen molar-refractivity contribution in [2.45, 2.75) is 11.8 Å². The summed E-state index contributed by atoms with van der Waals surface area (Å²) < 4.78 is 45.7. The van der Waals surface area contributed by atoms with Gasteiger partial charge in [-0.1, -0.05) is 23.7 Å². The van der Waals surface area contributed by atoms with Gasteiger partial charge in [-0.3, -0.25) is 4.72 Å². The van der Waals surface area contributed by atoms with Crippen LogP contribution in [-0.2, 0) is 10.0 Å². The third-order valence-electron chi connectivity index (χ3n) is 2.61. The molecule has 0 aliphatic heterocycles. The molecule has 0 aliphatic rings. The van der Waals surface area contributed by atoms with Crippen LogP contribution in [0.3, 0.4) is 0 Å². The van der Waals surface area contributed by atoms with Crippen molar-refractivity contribution in [2.75, 3.05) is 11.3 Å². The van der Waals surface area contributed by atoms with Gasteiger partial charge in [0.2, 0.25) is 0 Å². The SMILES string of the molecule is CCOc1ccc(Cl)cc1NS(=O)(=O)c1ccccc1F. The van der Waals surface area contributed by atoms with E-state index < -0.39 is 20.7 Å². The Labute approximate surface area is 127 Å². The van der Waals surface area contributed by atoms with Crippen LogP contribution in [0.5, 0.6) is 5.75 Å². The van der Waals surface area contributed by atoms with Gasteiger partial charge in [-0.15, -0.1) is 0 Å². The number of ether oxygens (including phenoxy) is 1. The van der Waals surface area contributed by atoms with E-state index in [0.29, 0.717) is 17.4 Å². The van der Waals surface area contributed by atoms with Gasteiger partial charge in [0.05, 0.1) is 12.3 Å². The van der Waals surface area contributed by atoms with E-state index >= 15 is 0 Å². The van der Waals surface area contributed by atoms with Crippen LogP contribution in [0.4, 0.5) is 10.1 Å². The van der Waals surface area contributed by atoms with E-state index in [9.17, 15) is 12.8 Å². The monoisotopic (exact) mass is 329 g/mol. The molecule has 2 rings (SSSR count). The van der Waals surface area contributed by atoms with Gasteiger partial charge in [0.1, 0.15) is 16.5 Å². The number of anilines is 1. The summed E-state index contributed by atoms with van der Waals surface area (Å²) in [6.07, 6.45) is 0. The van der Waals surface area contributed by atoms with Crippen LogP contribution in [0.25, 0.3) is 0 Å². The molecule has 0 atom stereocenters. The Hall–Kier alpha value is -1.79. The number of nitrogens with one attached hydrogen (secondary N) is 1. The predicted molar refractivity (Wildman–Crippen MR) is 79.8 cm³/mol. The van der Waals surface area contributed by atoms with Crippen LogP contribution < -0.4 is 9.46 Å². The predicted octanol–water partition coefficient (Wildman–Crippen LogP) is 3.68. The molecule has 0 spiro atoms. The maximum absolute atomic E-state index is 13.6. The summed E-state index contributed by atoms with van der Waals surface area (Å²) in [5.74, 6) is -0.508. The fraction of sp³-hybridized carbons (Fsp3) is 0.143. The van der Waals surface area contributed by atoms with Crippen molar-refractivity contribution in [3.8, 4) is 5.75 Å². The summed E-state index contributed by atoms with van der Waals surface area (Å²) in [7, 11) is -4.07. The lowest BCUT2D eigenvalue weighted by Crippen LogP contribution is -2.15. The van der Waals surface area contributed by atoms with E-state index in [-0.39, 0.29) is 5.69 Å². The highest BCUT2D eigenvalue weighted by Gasteiger charge is 2.20. The molecule has 112 valence electrons. The highest BCUT2D eigenvalue weighted by molar-refractivity contribution is 7.92. The van der Waals surface area contributed by atoms with Crippen molar-refractivity contribution in [3.05, 3.63) is 53.3 Å². The van der Waals surface area contributed by atoms with Crippen molar-refractivity contribution >= 4 is 27.3 Å². The van der Waals surface area contributed by atoms with Gasteiger partial charge in [0.15, 0.2) is 0 Å². The fourth-order valence-electron chi connectivity index (χ4n) is 1.73. The van der Waals surface area contributed by atoms with Crippen molar-refractivity contribution < 1.29 is 17.5 Å². The smallest absolute Gasteiger partial charge is 0.264 e. The van der Waals surface area contributed by atoms with Crippen LogP contribution in [-0.4, -0.2) is 15.0 Å². The summed E-state index contributed by atoms with van der Waals surface area (Å²) in [4.78, 5) is -0.438. The molecular weight excluding hydrogens is 317 g/mol. The Morgan fingerprint density at radius 2 is 1.95 bits per heavy atom. The minimum atomic E-state index is -4.07. The Morgan fingerprint density at radius 3 is 2.62 bits per heavy atom. The molecule has 2 aromatic carbocycles. The lowest BCUT2D eigenvalue weighted by molar-refractivity contribution is 0.342. The second-order valence-electron chi connectivity index (χ2n) is 4.11. The lowest BCUT2D eigenvalue weighted by Gasteiger charge is -2.13. The van der Waals surface area contributed by atoms with Crippen LogP contribution in [0, 0.1) is 5.82 Å². The van der Waals surface area contributed by atoms with E-state index in [1.165, 1.54) is 24.3 Å². The maximum Gasteiger partial charge on any atom is 0.264 e. The van der Waals surface area contributed by atoms with Crippen molar-refractivity contribution in [3.63, 3.8) is 0 Å². The largest absolute Gasteiger partial charge is 0.492 e. The van der Waals surface area contributed by atoms with Crippen molar-refractivity contribution in [1.82, 2.24) is 0 Å². The first kappa shape index (κ1) is 15.6. The molecule has 7 heteroatoms. The third kappa shape index (κ3) is 3.65. The summed E-state index contributed by atoms with van der Waals surface area (Å²) in [6, 6.07) is 9.65. The van der Waals surface area contributed by atoms with Crippen molar-refractivity contribution in [1.29, 1.82) is 0 Å². The number of sulfonamides is 1. The number of rotatable bonds is 5. The average molecular weight is 330 g/mol. The van der Waals surface area contributed by atoms with Gasteiger partial charge < -0.3 is 4.74 Å². The summed E-state index contributed by atoms with van der Waals surface area (Å²) in [6.45, 7) is 2.12. The van der Waals surface area contributed by atoms with Crippen LogP contribution in [0.15, 0.2) is 47.4 Å². The van der Waals surface area contributed by atoms with Crippen LogP contribution in [0.2, 0.25) is 5.02 Å². The van der Waals surface area contributed by atoms with Crippen molar-refractivity contribution in [2.24, 2.45) is 0 Å². The first-order valence-corrected chi connectivity index (χ1v) is 8.00. The molecule has 2 aromatic rings. The van der Waals surface area contributed by atoms with E-state index in [2.05, 4.69) is 4.72 Å². The maximum atomic E-state index is 13.6. The molecule has 0 fully saturated rings. The molecule has 1 N–H and O–H groups in total. The molecule has 0 heterocycles. The van der Waals surface area contributed by atoms with E-state index in [1.807, 2.05) is 0 Å². The summed E-state index contributed by atoms with van der Waals surface area (Å²) >= 11 is 5.86. The fourth-order valence-corrected chi connectivity index (χ4v) is 3.04. The van der Waals surface area contributed by atoms with Gasteiger partial charge in [-0.2, -0.15) is 0 Å². The highest BCUT2D eigenvalue weighted by Crippen LogP contribution is 2.30. The number of benzene rings is 2. The Morgan fingerprint density at radius 1 is 1.24 bits per heavy atom. The molecule has 0 bridgehead atoms. The molecule has 0 amide bonds. The second-order valence-corrected chi connectivity index (χ2v) is 6.20. The molecule has 0 saturated carbocycles. The van der Waals surface area contributed by atoms with Gasteiger partial charge in [0, 0.05) is 5.02 Å². The Balaban J connectivity index is 2.41. The van der Waals surface area contributed by atoms with Crippen LogP contribution in [0.1, 0.15) is 6.92 Å². The summed E-state index contributed by atoms with van der Waals surface area (Å²) in [5.41, 5.74) is 0.160. The zero-order chi connectivity index (χ0) is 15.5. The minimum Gasteiger partial charge on any atom is -0.492 e. The third-order valence-corrected chi connectivity index (χ3v) is 4.25. The zero-order valence-electron chi connectivity index (χ0n) is 11.1. The number of hydrogen-bond donors (Lipinski definition) is 1. The van der Waals surface area contributed by atoms with E-state index in [1.54, 1.807) is 19.1 Å². The second kappa shape index (κ2) is 6.32. The van der Waals surface area contributed by atoms with Gasteiger partial charge >= 0.3 is 0 Å². The van der Waals surface area contributed by atoms with Crippen LogP contribution >= 0.6 is 11.6 Å². The normalized spacial score (nSPS) is 11.2. The van der Waals surface area contributed by atoms with Gasteiger partial charge in [-0.05, 0) is 37.3 Å². The zero-order valence-corrected chi connectivity index (χ0v) is 12.7. The number of hydrogen-bond acceptors (Lipinski definition) is 3. The quantitative estimate of drug-likeness (QED) is 0.910. The van der Waals surface area contributed by atoms with Gasteiger partial charge in [-0.25, -0.2) is 12.8 Å².